The summed E-state index contributed by atoms with van der Waals surface area (Å²) in [6.07, 6.45) is 2.50. The molecule has 2 N–H and O–H groups in total. The van der Waals surface area contributed by atoms with Crippen LogP contribution in [0.4, 0.5) is 5.82 Å². The number of aromatic nitrogens is 4. The van der Waals surface area contributed by atoms with Crippen LogP contribution in [0.5, 0.6) is 0 Å². The van der Waals surface area contributed by atoms with Crippen LogP contribution < -0.4 is 5.11 Å². The maximum Gasteiger partial charge on any atom is 0.286 e. The molecule has 3 heterocycles. The third-order valence-electron chi connectivity index (χ3n) is 5.24. The normalized spacial score (nSPS) is 22.8. The number of aliphatic imine (C=N–C) groups is 1. The second-order valence-electron chi connectivity index (χ2n) is 7.69. The zero-order valence-electron chi connectivity index (χ0n) is 18.4. The first-order chi connectivity index (χ1) is 16.4. The molecule has 2 aromatic heterocycles. The summed E-state index contributed by atoms with van der Waals surface area (Å²) < 4.78 is 18.2. The molecule has 0 bridgehead atoms. The number of fused-ring (bicyclic) bond motifs is 1. The summed E-state index contributed by atoms with van der Waals surface area (Å²) >= 11 is 5.00. The Labute approximate surface area is 202 Å². The van der Waals surface area contributed by atoms with Gasteiger partial charge in [0.15, 0.2) is 17.0 Å². The molecule has 1 fully saturated rings. The Morgan fingerprint density at radius 1 is 1.29 bits per heavy atom. The van der Waals surface area contributed by atoms with Gasteiger partial charge in [0.05, 0.1) is 19.0 Å². The molecule has 4 atom stereocenters. The van der Waals surface area contributed by atoms with Crippen molar-refractivity contribution in [2.24, 2.45) is 4.99 Å². The van der Waals surface area contributed by atoms with Crippen molar-refractivity contribution >= 4 is 42.3 Å². The molecular weight excluding hydrogens is 481 g/mol. The molecule has 0 amide bonds. The number of nitrogens with zero attached hydrogens (tertiary/aromatic N) is 5. The van der Waals surface area contributed by atoms with Crippen LogP contribution in [0.2, 0.25) is 0 Å². The molecule has 0 spiro atoms. The van der Waals surface area contributed by atoms with Crippen molar-refractivity contribution in [1.29, 1.82) is 0 Å². The minimum Gasteiger partial charge on any atom is -0.858 e. The van der Waals surface area contributed by atoms with E-state index in [-0.39, 0.29) is 18.8 Å². The summed E-state index contributed by atoms with van der Waals surface area (Å²) in [6.45, 7) is 2.18. The van der Waals surface area contributed by atoms with Crippen molar-refractivity contribution < 1.29 is 28.9 Å². The lowest BCUT2D eigenvalue weighted by Gasteiger charge is -2.23. The van der Waals surface area contributed by atoms with Gasteiger partial charge in [0.2, 0.25) is 0 Å². The molecule has 1 aliphatic heterocycles. The van der Waals surface area contributed by atoms with Gasteiger partial charge in [-0.15, -0.1) is 0 Å². The zero-order chi connectivity index (χ0) is 24.1. The Morgan fingerprint density at radius 3 is 2.85 bits per heavy atom. The van der Waals surface area contributed by atoms with Crippen molar-refractivity contribution in [3.63, 3.8) is 0 Å². The van der Waals surface area contributed by atoms with Crippen LogP contribution in [0.1, 0.15) is 38.0 Å². The maximum atomic E-state index is 12.5. The van der Waals surface area contributed by atoms with Gasteiger partial charge in [0.25, 0.3) is 7.15 Å². The molecule has 3 aromatic rings. The molecule has 13 heteroatoms. The van der Waals surface area contributed by atoms with Crippen LogP contribution in [0.3, 0.4) is 0 Å². The van der Waals surface area contributed by atoms with Crippen LogP contribution in [0, 0.1) is 0 Å². The van der Waals surface area contributed by atoms with Gasteiger partial charge in [0, 0.05) is 6.42 Å². The van der Waals surface area contributed by atoms with Crippen LogP contribution in [-0.4, -0.2) is 60.8 Å². The van der Waals surface area contributed by atoms with Gasteiger partial charge in [-0.2, -0.15) is 9.05 Å². The highest BCUT2D eigenvalue weighted by atomic mass is 32.7. The molecule has 1 aliphatic rings. The minimum absolute atomic E-state index is 0.120. The topological polar surface area (TPSA) is 147 Å². The van der Waals surface area contributed by atoms with E-state index in [1.807, 2.05) is 13.0 Å². The Morgan fingerprint density at radius 2 is 2.09 bits per heavy atom. The number of aliphatic hydroxyl groups excluding tert-OH is 1. The summed E-state index contributed by atoms with van der Waals surface area (Å²) in [4.78, 5) is 26.9. The second kappa shape index (κ2) is 11.0. The quantitative estimate of drug-likeness (QED) is 0.137. The molecule has 34 heavy (non-hydrogen) atoms. The summed E-state index contributed by atoms with van der Waals surface area (Å²) in [5.74, 6) is -0.304. The highest BCUT2D eigenvalue weighted by Gasteiger charge is 2.38. The summed E-state index contributed by atoms with van der Waals surface area (Å²) in [6, 6.07) is 8.65. The van der Waals surface area contributed by atoms with E-state index in [4.69, 9.17) is 26.0 Å². The van der Waals surface area contributed by atoms with Crippen molar-refractivity contribution in [3.05, 3.63) is 48.5 Å². The van der Waals surface area contributed by atoms with Crippen molar-refractivity contribution in [1.82, 2.24) is 19.5 Å². The standard InChI is InChI=1S/C21H26N5O6PS/c1-2-3-9-30-33(29,34)31-11-16-15(27)10-17(32-16)26-13-24-18-19(22-12-23-20(18)26)25-21(28)14-7-5-4-6-8-14/h4-8,12-13,15-17,27H,2-3,9-11H2,1H3,(H,29,34)(H,22,23,25,28)/p-1/t15-,16+,17+,33?/m0/s1. The van der Waals surface area contributed by atoms with Crippen LogP contribution in [0.25, 0.3) is 11.2 Å². The summed E-state index contributed by atoms with van der Waals surface area (Å²) in [5.41, 5.74) is 1.17. The zero-order valence-corrected chi connectivity index (χ0v) is 20.1. The molecule has 1 aromatic carbocycles. The van der Waals surface area contributed by atoms with E-state index in [9.17, 15) is 15.1 Å². The Kier molecular flexibility index (Phi) is 8.10. The third kappa shape index (κ3) is 5.89. The van der Waals surface area contributed by atoms with Crippen LogP contribution >= 0.6 is 7.15 Å². The Hall–Kier alpha value is -2.18. The fraction of sp³-hybridized carbons (Fsp3) is 0.429. The average Bonchev–Trinajstić information content (AvgIpc) is 3.42. The third-order valence-corrected chi connectivity index (χ3v) is 6.85. The summed E-state index contributed by atoms with van der Waals surface area (Å²) in [5, 5.41) is 22.9. The number of aliphatic hydroxyl groups is 1. The number of hydrogen-bond acceptors (Lipinski definition) is 11. The van der Waals surface area contributed by atoms with Crippen molar-refractivity contribution in [2.75, 3.05) is 13.2 Å². The predicted molar refractivity (Wildman–Crippen MR) is 126 cm³/mol. The van der Waals surface area contributed by atoms with Crippen molar-refractivity contribution in [2.45, 2.75) is 44.6 Å². The molecule has 0 radical (unpaired) electrons. The van der Waals surface area contributed by atoms with E-state index in [2.05, 4.69) is 19.9 Å². The lowest BCUT2D eigenvalue weighted by atomic mass is 10.2. The molecule has 1 saturated heterocycles. The van der Waals surface area contributed by atoms with E-state index in [1.165, 1.54) is 12.7 Å². The van der Waals surface area contributed by atoms with E-state index in [0.29, 0.717) is 23.3 Å². The van der Waals surface area contributed by atoms with Gasteiger partial charge < -0.3 is 27.2 Å². The number of unbranched alkanes of at least 4 members (excludes halogenated alkanes) is 1. The largest absolute Gasteiger partial charge is 0.858 e. The molecule has 11 nitrogen and oxygen atoms in total. The van der Waals surface area contributed by atoms with Gasteiger partial charge in [-0.3, -0.25) is 4.57 Å². The van der Waals surface area contributed by atoms with Gasteiger partial charge in [-0.1, -0.05) is 43.7 Å². The highest BCUT2D eigenvalue weighted by Crippen LogP contribution is 2.55. The monoisotopic (exact) mass is 506 g/mol. The SMILES string of the molecule is CCCCO[P+](O)([S-])OC[C@H]1O[C@@H](n2cnc3c(N=C([O-])c4ccccc4)ncnc32)C[C@@H]1O. The molecule has 4 rings (SSSR count). The fourth-order valence-corrected chi connectivity index (χ4v) is 4.61. The maximum absolute atomic E-state index is 12.5. The highest BCUT2D eigenvalue weighted by molar-refractivity contribution is 8.35. The molecule has 182 valence electrons. The molecular formula is C21H25N5O6PS-. The van der Waals surface area contributed by atoms with Gasteiger partial charge in [-0.25, -0.2) is 24.8 Å². The molecule has 0 saturated carbocycles. The first-order valence-corrected chi connectivity index (χ1v) is 13.4. The Bertz CT molecular complexity index is 1130. The van der Waals surface area contributed by atoms with Gasteiger partial charge in [-0.05, 0) is 17.9 Å². The van der Waals surface area contributed by atoms with E-state index < -0.39 is 31.5 Å². The smallest absolute Gasteiger partial charge is 0.286 e. The lowest BCUT2D eigenvalue weighted by Crippen LogP contribution is -2.26. The molecule has 0 aliphatic carbocycles. The first-order valence-electron chi connectivity index (χ1n) is 10.8. The number of imidazole rings is 1. The van der Waals surface area contributed by atoms with Crippen LogP contribution in [-0.2, 0) is 26.0 Å². The Balaban J connectivity index is 1.47. The average molecular weight is 507 g/mol. The minimum atomic E-state index is -3.41. The van der Waals surface area contributed by atoms with Crippen LogP contribution in [0.15, 0.2) is 48.0 Å². The fourth-order valence-electron chi connectivity index (χ4n) is 3.44. The first kappa shape index (κ1) is 24.9. The molecule has 1 unspecified atom stereocenters. The number of ether oxygens (including phenoxy) is 1. The van der Waals surface area contributed by atoms with E-state index in [0.717, 1.165) is 12.8 Å². The van der Waals surface area contributed by atoms with Gasteiger partial charge in [0.1, 0.15) is 25.3 Å². The van der Waals surface area contributed by atoms with E-state index in [1.54, 1.807) is 28.8 Å². The number of hydrogen-bond donors (Lipinski definition) is 2. The summed E-state index contributed by atoms with van der Waals surface area (Å²) in [7, 11) is -3.41. The lowest BCUT2D eigenvalue weighted by molar-refractivity contribution is -0.212. The predicted octanol–water partition coefficient (Wildman–Crippen LogP) is 1.96. The second-order valence-corrected chi connectivity index (χ2v) is 10.5. The number of benzene rings is 1. The van der Waals surface area contributed by atoms with E-state index >= 15 is 0 Å². The van der Waals surface area contributed by atoms with Crippen molar-refractivity contribution in [3.8, 4) is 0 Å². The van der Waals surface area contributed by atoms with Gasteiger partial charge >= 0.3 is 0 Å². The number of rotatable bonds is 10.